The van der Waals surface area contributed by atoms with Gasteiger partial charge >= 0.3 is 0 Å². The molecule has 2 N–H and O–H groups in total. The van der Waals surface area contributed by atoms with Crippen LogP contribution in [-0.4, -0.2) is 35.4 Å². The van der Waals surface area contributed by atoms with Gasteiger partial charge in [-0.05, 0) is 53.1 Å². The Morgan fingerprint density at radius 2 is 2.07 bits per heavy atom. The molecule has 0 saturated carbocycles. The molecule has 0 spiro atoms. The summed E-state index contributed by atoms with van der Waals surface area (Å²) >= 11 is 0. The van der Waals surface area contributed by atoms with E-state index in [4.69, 9.17) is 4.74 Å². The minimum absolute atomic E-state index is 0.0555. The molecule has 4 rings (SSSR count). The van der Waals surface area contributed by atoms with E-state index in [1.165, 1.54) is 11.1 Å². The zero-order valence-electron chi connectivity index (χ0n) is 15.2. The number of ether oxygens (including phenoxy) is 1. The number of aryl methyl sites for hydroxylation is 1. The summed E-state index contributed by atoms with van der Waals surface area (Å²) < 4.78 is 7.27. The van der Waals surface area contributed by atoms with Crippen molar-refractivity contribution in [2.75, 3.05) is 25.0 Å². The van der Waals surface area contributed by atoms with Crippen LogP contribution in [0.4, 0.5) is 5.82 Å². The van der Waals surface area contributed by atoms with Gasteiger partial charge in [0.2, 0.25) is 0 Å². The summed E-state index contributed by atoms with van der Waals surface area (Å²) in [5.74, 6) is 0.957. The van der Waals surface area contributed by atoms with Gasteiger partial charge in [0.15, 0.2) is 12.4 Å². The summed E-state index contributed by atoms with van der Waals surface area (Å²) in [4.78, 5) is 12.0. The predicted molar refractivity (Wildman–Crippen MR) is 107 cm³/mol. The monoisotopic (exact) mass is 362 g/mol. The molecule has 3 aromatic rings. The number of anilines is 1. The van der Waals surface area contributed by atoms with Gasteiger partial charge in [0.1, 0.15) is 5.75 Å². The molecule has 2 heterocycles. The maximum absolute atomic E-state index is 12.0. The van der Waals surface area contributed by atoms with Crippen molar-refractivity contribution in [1.29, 1.82) is 0 Å². The molecule has 0 unspecified atom stereocenters. The summed E-state index contributed by atoms with van der Waals surface area (Å²) in [7, 11) is 1.80. The molecule has 0 bridgehead atoms. The van der Waals surface area contributed by atoms with Crippen LogP contribution in [0.15, 0.2) is 54.7 Å². The van der Waals surface area contributed by atoms with Gasteiger partial charge in [-0.25, -0.2) is 0 Å². The molecule has 0 atom stereocenters. The number of nitrogens with zero attached hydrogens (tertiary/aromatic N) is 2. The van der Waals surface area contributed by atoms with Gasteiger partial charge in [-0.15, -0.1) is 0 Å². The fourth-order valence-electron chi connectivity index (χ4n) is 3.21. The highest BCUT2D eigenvalue weighted by Crippen LogP contribution is 2.26. The van der Waals surface area contributed by atoms with Gasteiger partial charge in [-0.2, -0.15) is 5.10 Å². The number of aromatic nitrogens is 2. The van der Waals surface area contributed by atoms with Crippen LogP contribution in [0.25, 0.3) is 16.3 Å². The van der Waals surface area contributed by atoms with Crippen LogP contribution < -0.4 is 15.4 Å². The molecular formula is C21H22N4O2. The Morgan fingerprint density at radius 3 is 2.85 bits per heavy atom. The number of amides is 1. The maximum Gasteiger partial charge on any atom is 0.263 e. The molecule has 1 aliphatic rings. The number of hydrogen-bond donors (Lipinski definition) is 2. The van der Waals surface area contributed by atoms with Gasteiger partial charge < -0.3 is 15.4 Å². The van der Waals surface area contributed by atoms with E-state index in [2.05, 4.69) is 40.0 Å². The summed E-state index contributed by atoms with van der Waals surface area (Å²) in [5.41, 5.74) is 2.66. The van der Waals surface area contributed by atoms with Crippen molar-refractivity contribution in [2.45, 2.75) is 6.42 Å². The molecule has 27 heavy (non-hydrogen) atoms. The average molecular weight is 362 g/mol. The lowest BCUT2D eigenvalue weighted by molar-refractivity contribution is -0.118. The molecule has 6 nitrogen and oxygen atoms in total. The molecule has 2 aromatic carbocycles. The highest BCUT2D eigenvalue weighted by Gasteiger charge is 2.08. The minimum Gasteiger partial charge on any atom is -0.484 e. The van der Waals surface area contributed by atoms with Crippen molar-refractivity contribution in [3.8, 4) is 5.75 Å². The Balaban J connectivity index is 1.42. The zero-order valence-corrected chi connectivity index (χ0v) is 15.2. The molecule has 1 aliphatic heterocycles. The molecule has 138 valence electrons. The normalized spacial score (nSPS) is 14.0. The van der Waals surface area contributed by atoms with E-state index in [9.17, 15) is 4.79 Å². The first-order valence-electron chi connectivity index (χ1n) is 9.04. The Kier molecular flexibility index (Phi) is 4.89. The zero-order chi connectivity index (χ0) is 18.6. The number of hydrogen-bond acceptors (Lipinski definition) is 4. The predicted octanol–water partition coefficient (Wildman–Crippen LogP) is 2.97. The number of benzene rings is 2. The maximum atomic E-state index is 12.0. The van der Waals surface area contributed by atoms with E-state index in [1.807, 2.05) is 18.2 Å². The Bertz CT molecular complexity index is 1010. The smallest absolute Gasteiger partial charge is 0.263 e. The molecule has 0 saturated heterocycles. The number of nitrogens with one attached hydrogen (secondary N) is 2. The third-order valence-corrected chi connectivity index (χ3v) is 4.60. The van der Waals surface area contributed by atoms with E-state index in [1.54, 1.807) is 24.0 Å². The summed E-state index contributed by atoms with van der Waals surface area (Å²) in [6, 6.07) is 14.1. The quantitative estimate of drug-likeness (QED) is 0.732. The Hall–Kier alpha value is -3.12. The van der Waals surface area contributed by atoms with Crippen LogP contribution in [0.1, 0.15) is 12.0 Å². The van der Waals surface area contributed by atoms with Crippen LogP contribution in [0.5, 0.6) is 5.75 Å². The van der Waals surface area contributed by atoms with Crippen molar-refractivity contribution < 1.29 is 9.53 Å². The van der Waals surface area contributed by atoms with Crippen molar-refractivity contribution in [2.24, 2.45) is 7.05 Å². The lowest BCUT2D eigenvalue weighted by Gasteiger charge is -2.15. The van der Waals surface area contributed by atoms with Gasteiger partial charge in [-0.3, -0.25) is 9.48 Å². The van der Waals surface area contributed by atoms with Gasteiger partial charge in [0.05, 0.1) is 0 Å². The first-order chi connectivity index (χ1) is 13.2. The van der Waals surface area contributed by atoms with Crippen molar-refractivity contribution in [3.05, 3.63) is 60.3 Å². The average Bonchev–Trinajstić information content (AvgIpc) is 3.11. The van der Waals surface area contributed by atoms with E-state index < -0.39 is 0 Å². The van der Waals surface area contributed by atoms with E-state index in [0.29, 0.717) is 11.6 Å². The van der Waals surface area contributed by atoms with Crippen LogP contribution >= 0.6 is 0 Å². The van der Waals surface area contributed by atoms with Gasteiger partial charge in [0.25, 0.3) is 5.91 Å². The van der Waals surface area contributed by atoms with E-state index in [0.717, 1.165) is 30.3 Å². The fraction of sp³-hybridized carbons (Fsp3) is 0.238. The molecule has 0 fully saturated rings. The Labute approximate surface area is 157 Å². The topological polar surface area (TPSA) is 68.2 Å². The summed E-state index contributed by atoms with van der Waals surface area (Å²) in [5, 5.41) is 12.4. The SMILES string of the molecule is Cn1ccc(NC(=O)COc2ccc3cc(C4=CCNCC4)ccc3c2)n1. The highest BCUT2D eigenvalue weighted by molar-refractivity contribution is 5.91. The van der Waals surface area contributed by atoms with Gasteiger partial charge in [-0.1, -0.05) is 24.3 Å². The number of carbonyl (C=O) groups excluding carboxylic acids is 1. The lowest BCUT2D eigenvalue weighted by atomic mass is 9.97. The fourth-order valence-corrected chi connectivity index (χ4v) is 3.21. The molecule has 1 aromatic heterocycles. The molecule has 0 radical (unpaired) electrons. The molecule has 0 aliphatic carbocycles. The largest absolute Gasteiger partial charge is 0.484 e. The highest BCUT2D eigenvalue weighted by atomic mass is 16.5. The van der Waals surface area contributed by atoms with E-state index >= 15 is 0 Å². The van der Waals surface area contributed by atoms with Crippen LogP contribution in [0.2, 0.25) is 0 Å². The second-order valence-corrected chi connectivity index (χ2v) is 6.62. The van der Waals surface area contributed by atoms with Crippen LogP contribution in [0.3, 0.4) is 0 Å². The third kappa shape index (κ3) is 4.17. The van der Waals surface area contributed by atoms with E-state index in [-0.39, 0.29) is 12.5 Å². The van der Waals surface area contributed by atoms with Crippen LogP contribution in [-0.2, 0) is 11.8 Å². The third-order valence-electron chi connectivity index (χ3n) is 4.60. The number of rotatable bonds is 5. The summed E-state index contributed by atoms with van der Waals surface area (Å²) in [6.45, 7) is 1.90. The van der Waals surface area contributed by atoms with Crippen molar-refractivity contribution in [3.63, 3.8) is 0 Å². The minimum atomic E-state index is -0.234. The second kappa shape index (κ2) is 7.63. The van der Waals surface area contributed by atoms with Crippen molar-refractivity contribution >= 4 is 28.1 Å². The van der Waals surface area contributed by atoms with Crippen molar-refractivity contribution in [1.82, 2.24) is 15.1 Å². The second-order valence-electron chi connectivity index (χ2n) is 6.62. The number of fused-ring (bicyclic) bond motifs is 1. The molecule has 1 amide bonds. The standard InChI is InChI=1S/C21H22N4O2/c1-25-11-8-20(24-25)23-21(26)14-27-19-5-4-17-12-16(2-3-18(17)13-19)15-6-9-22-10-7-15/h2-6,8,11-13,22H,7,9-10,14H2,1H3,(H,23,24,26). The number of carbonyl (C=O) groups is 1. The van der Waals surface area contributed by atoms with Gasteiger partial charge in [0, 0.05) is 25.9 Å². The Morgan fingerprint density at radius 1 is 1.22 bits per heavy atom. The molecule has 6 heteroatoms. The van der Waals surface area contributed by atoms with Crippen LogP contribution in [0, 0.1) is 0 Å². The first-order valence-corrected chi connectivity index (χ1v) is 9.04. The molecular weight excluding hydrogens is 340 g/mol. The summed E-state index contributed by atoms with van der Waals surface area (Å²) in [6.07, 6.45) is 5.08. The lowest BCUT2D eigenvalue weighted by Crippen LogP contribution is -2.20. The first kappa shape index (κ1) is 17.3.